The summed E-state index contributed by atoms with van der Waals surface area (Å²) < 4.78 is 0.656. The molecule has 2 N–H and O–H groups in total. The molecule has 0 spiro atoms. The van der Waals surface area contributed by atoms with E-state index in [0.29, 0.717) is 22.4 Å². The number of rotatable bonds is 8. The van der Waals surface area contributed by atoms with E-state index >= 15 is 0 Å². The average Bonchev–Trinajstić information content (AvgIpc) is 3.07. The van der Waals surface area contributed by atoms with Crippen LogP contribution in [-0.2, 0) is 16.1 Å². The van der Waals surface area contributed by atoms with Gasteiger partial charge in [0.2, 0.25) is 11.8 Å². The average molecular weight is 463 g/mol. The first-order chi connectivity index (χ1) is 13.3. The maximum absolute atomic E-state index is 12.3. The lowest BCUT2D eigenvalue weighted by atomic mass is 10.2. The van der Waals surface area contributed by atoms with Gasteiger partial charge in [-0.3, -0.25) is 14.4 Å². The van der Waals surface area contributed by atoms with Crippen molar-refractivity contribution < 1.29 is 14.4 Å². The molecule has 0 radical (unpaired) electrons. The van der Waals surface area contributed by atoms with Crippen molar-refractivity contribution in [3.63, 3.8) is 0 Å². The SMILES string of the molecule is CCN(Cc1ccc(Cl)s1)C(=O)CNC(=O)CNC(=O)c1ccc(Cl)cc1Cl. The Hall–Kier alpha value is -1.80. The monoisotopic (exact) mass is 461 g/mol. The lowest BCUT2D eigenvalue weighted by Gasteiger charge is -2.20. The molecule has 2 rings (SSSR count). The molecule has 10 heteroatoms. The zero-order chi connectivity index (χ0) is 20.7. The van der Waals surface area contributed by atoms with Gasteiger partial charge in [-0.2, -0.15) is 0 Å². The van der Waals surface area contributed by atoms with Crippen molar-refractivity contribution in [3.8, 4) is 0 Å². The van der Waals surface area contributed by atoms with Crippen LogP contribution in [0.3, 0.4) is 0 Å². The van der Waals surface area contributed by atoms with Gasteiger partial charge in [0.05, 0.1) is 34.6 Å². The van der Waals surface area contributed by atoms with Gasteiger partial charge >= 0.3 is 0 Å². The zero-order valence-corrected chi connectivity index (χ0v) is 18.0. The van der Waals surface area contributed by atoms with E-state index in [1.54, 1.807) is 11.0 Å². The van der Waals surface area contributed by atoms with Gasteiger partial charge in [0.25, 0.3) is 5.91 Å². The summed E-state index contributed by atoms with van der Waals surface area (Å²) in [5.41, 5.74) is 0.210. The molecule has 1 heterocycles. The first-order valence-electron chi connectivity index (χ1n) is 8.32. The molecule has 2 aromatic rings. The number of amides is 3. The topological polar surface area (TPSA) is 78.5 Å². The third-order valence-corrected chi connectivity index (χ3v) is 5.50. The highest BCUT2D eigenvalue weighted by Gasteiger charge is 2.16. The fourth-order valence-electron chi connectivity index (χ4n) is 2.28. The van der Waals surface area contributed by atoms with Gasteiger partial charge in [-0.15, -0.1) is 11.3 Å². The summed E-state index contributed by atoms with van der Waals surface area (Å²) in [7, 11) is 0. The normalized spacial score (nSPS) is 10.4. The summed E-state index contributed by atoms with van der Waals surface area (Å²) in [6.45, 7) is 2.33. The van der Waals surface area contributed by atoms with E-state index in [2.05, 4.69) is 10.6 Å². The van der Waals surface area contributed by atoms with Crippen LogP contribution in [0.1, 0.15) is 22.2 Å². The Morgan fingerprint density at radius 3 is 2.39 bits per heavy atom. The molecule has 0 aliphatic carbocycles. The Balaban J connectivity index is 1.79. The van der Waals surface area contributed by atoms with E-state index in [1.807, 2.05) is 13.0 Å². The summed E-state index contributed by atoms with van der Waals surface area (Å²) >= 11 is 19.0. The quantitative estimate of drug-likeness (QED) is 0.629. The number of carbonyl (C=O) groups is 3. The van der Waals surface area contributed by atoms with Crippen molar-refractivity contribution in [1.82, 2.24) is 15.5 Å². The van der Waals surface area contributed by atoms with Crippen molar-refractivity contribution >= 4 is 63.9 Å². The molecule has 0 atom stereocenters. The van der Waals surface area contributed by atoms with Gasteiger partial charge in [-0.1, -0.05) is 34.8 Å². The highest BCUT2D eigenvalue weighted by atomic mass is 35.5. The van der Waals surface area contributed by atoms with Crippen molar-refractivity contribution in [2.24, 2.45) is 0 Å². The predicted molar refractivity (Wildman–Crippen MR) is 112 cm³/mol. The number of hydrogen-bond donors (Lipinski definition) is 2. The molecule has 1 aromatic carbocycles. The third-order valence-electron chi connectivity index (χ3n) is 3.73. The second kappa shape index (κ2) is 10.7. The maximum atomic E-state index is 12.3. The standard InChI is InChI=1S/C18H18Cl3N3O3S/c1-2-24(10-12-4-6-15(21)28-12)17(26)9-22-16(25)8-23-18(27)13-5-3-11(19)7-14(13)20/h3-7H,2,8-10H2,1H3,(H,22,25)(H,23,27). The van der Waals surface area contributed by atoms with E-state index in [-0.39, 0.29) is 29.6 Å². The van der Waals surface area contributed by atoms with Crippen LogP contribution in [-0.4, -0.2) is 42.3 Å². The van der Waals surface area contributed by atoms with E-state index < -0.39 is 11.8 Å². The Morgan fingerprint density at radius 2 is 1.79 bits per heavy atom. The summed E-state index contributed by atoms with van der Waals surface area (Å²) in [6.07, 6.45) is 0. The number of likely N-dealkylation sites (N-methyl/N-ethyl adjacent to an activating group) is 1. The van der Waals surface area contributed by atoms with E-state index in [4.69, 9.17) is 34.8 Å². The summed E-state index contributed by atoms with van der Waals surface area (Å²) in [5, 5.41) is 5.54. The number of hydrogen-bond acceptors (Lipinski definition) is 4. The van der Waals surface area contributed by atoms with Crippen molar-refractivity contribution in [3.05, 3.63) is 55.2 Å². The van der Waals surface area contributed by atoms with Gasteiger partial charge < -0.3 is 15.5 Å². The molecule has 28 heavy (non-hydrogen) atoms. The molecule has 0 aliphatic heterocycles. The van der Waals surface area contributed by atoms with Gasteiger partial charge in [0, 0.05) is 16.4 Å². The Labute approximate surface area is 181 Å². The highest BCUT2D eigenvalue weighted by Crippen LogP contribution is 2.23. The van der Waals surface area contributed by atoms with Crippen molar-refractivity contribution in [2.75, 3.05) is 19.6 Å². The Bertz CT molecular complexity index is 873. The van der Waals surface area contributed by atoms with Gasteiger partial charge in [-0.25, -0.2) is 0 Å². The van der Waals surface area contributed by atoms with Gasteiger partial charge in [0.1, 0.15) is 0 Å². The minimum Gasteiger partial charge on any atom is -0.345 e. The first-order valence-corrected chi connectivity index (χ1v) is 10.3. The van der Waals surface area contributed by atoms with Crippen LogP contribution in [0.2, 0.25) is 14.4 Å². The molecule has 0 saturated carbocycles. The van der Waals surface area contributed by atoms with E-state index in [1.165, 1.54) is 29.5 Å². The molecule has 0 aliphatic rings. The second-order valence-electron chi connectivity index (χ2n) is 5.70. The number of thiophene rings is 1. The number of nitrogens with zero attached hydrogens (tertiary/aromatic N) is 1. The van der Waals surface area contributed by atoms with Crippen LogP contribution in [0.4, 0.5) is 0 Å². The highest BCUT2D eigenvalue weighted by molar-refractivity contribution is 7.16. The molecule has 3 amide bonds. The molecule has 0 saturated heterocycles. The van der Waals surface area contributed by atoms with E-state index in [9.17, 15) is 14.4 Å². The van der Waals surface area contributed by atoms with Crippen LogP contribution in [0.5, 0.6) is 0 Å². The second-order valence-corrected chi connectivity index (χ2v) is 8.34. The van der Waals surface area contributed by atoms with Crippen LogP contribution < -0.4 is 10.6 Å². The summed E-state index contributed by atoms with van der Waals surface area (Å²) in [6, 6.07) is 8.08. The Morgan fingerprint density at radius 1 is 1.04 bits per heavy atom. The van der Waals surface area contributed by atoms with Gasteiger partial charge in [-0.05, 0) is 37.3 Å². The minimum absolute atomic E-state index is 0.163. The molecule has 0 unspecified atom stereocenters. The number of benzene rings is 1. The molecular weight excluding hydrogens is 445 g/mol. The van der Waals surface area contributed by atoms with Gasteiger partial charge in [0.15, 0.2) is 0 Å². The fraction of sp³-hybridized carbons (Fsp3) is 0.278. The molecule has 0 fully saturated rings. The summed E-state index contributed by atoms with van der Waals surface area (Å²) in [4.78, 5) is 38.9. The minimum atomic E-state index is -0.507. The number of halogens is 3. The number of carbonyl (C=O) groups excluding carboxylic acids is 3. The van der Waals surface area contributed by atoms with Crippen LogP contribution in [0.25, 0.3) is 0 Å². The fourth-order valence-corrected chi connectivity index (χ4v) is 3.88. The van der Waals surface area contributed by atoms with Crippen LogP contribution in [0, 0.1) is 0 Å². The van der Waals surface area contributed by atoms with Crippen LogP contribution >= 0.6 is 46.1 Å². The largest absolute Gasteiger partial charge is 0.345 e. The molecular formula is C18H18Cl3N3O3S. The van der Waals surface area contributed by atoms with E-state index in [0.717, 1.165) is 4.88 Å². The Kier molecular flexibility index (Phi) is 8.57. The van der Waals surface area contributed by atoms with Crippen LogP contribution in [0.15, 0.2) is 30.3 Å². The smallest absolute Gasteiger partial charge is 0.253 e. The summed E-state index contributed by atoms with van der Waals surface area (Å²) in [5.74, 6) is -1.22. The molecule has 6 nitrogen and oxygen atoms in total. The zero-order valence-electron chi connectivity index (χ0n) is 14.9. The lowest BCUT2D eigenvalue weighted by Crippen LogP contribution is -2.43. The first kappa shape index (κ1) is 22.5. The lowest BCUT2D eigenvalue weighted by molar-refractivity contribution is -0.133. The maximum Gasteiger partial charge on any atom is 0.253 e. The third kappa shape index (κ3) is 6.67. The van der Waals surface area contributed by atoms with Crippen molar-refractivity contribution in [1.29, 1.82) is 0 Å². The molecule has 150 valence electrons. The number of nitrogens with one attached hydrogen (secondary N) is 2. The van der Waals surface area contributed by atoms with Crippen molar-refractivity contribution in [2.45, 2.75) is 13.5 Å². The molecule has 0 bridgehead atoms. The predicted octanol–water partition coefficient (Wildman–Crippen LogP) is 3.60. The molecule has 1 aromatic heterocycles.